The molecule has 0 saturated carbocycles. The molecule has 11 heavy (non-hydrogen) atoms. The van der Waals surface area contributed by atoms with Crippen LogP contribution in [-0.2, 0) is 0 Å². The van der Waals surface area contributed by atoms with Crippen molar-refractivity contribution in [1.29, 1.82) is 10.5 Å². The third kappa shape index (κ3) is 1.30. The van der Waals surface area contributed by atoms with Crippen LogP contribution >= 0.6 is 0 Å². The summed E-state index contributed by atoms with van der Waals surface area (Å²) in [4.78, 5) is 5.67. The van der Waals surface area contributed by atoms with Crippen LogP contribution in [0.4, 0.5) is 0 Å². The SMILES string of the molecule is CC1CN=C(C#N)N1CC#N. The Morgan fingerprint density at radius 1 is 1.73 bits per heavy atom. The fourth-order valence-electron chi connectivity index (χ4n) is 1.02. The molecule has 0 fully saturated rings. The molecular formula is C7H8N4. The van der Waals surface area contributed by atoms with Gasteiger partial charge in [0.2, 0.25) is 5.84 Å². The standard InChI is InChI=1S/C7H8N4/c1-6-5-10-7(4-9)11(6)3-2-8/h6H,3,5H2,1H3. The summed E-state index contributed by atoms with van der Waals surface area (Å²) < 4.78 is 0. The van der Waals surface area contributed by atoms with E-state index in [1.807, 2.05) is 19.1 Å². The van der Waals surface area contributed by atoms with Gasteiger partial charge in [0, 0.05) is 6.04 Å². The summed E-state index contributed by atoms with van der Waals surface area (Å²) in [7, 11) is 0. The average Bonchev–Trinajstić information content (AvgIpc) is 2.34. The highest BCUT2D eigenvalue weighted by atomic mass is 15.3. The summed E-state index contributed by atoms with van der Waals surface area (Å²) in [5, 5.41) is 17.0. The van der Waals surface area contributed by atoms with E-state index >= 15 is 0 Å². The van der Waals surface area contributed by atoms with E-state index in [2.05, 4.69) is 4.99 Å². The molecule has 0 aromatic rings. The van der Waals surface area contributed by atoms with E-state index in [-0.39, 0.29) is 12.6 Å². The lowest BCUT2D eigenvalue weighted by atomic mass is 10.3. The highest BCUT2D eigenvalue weighted by Crippen LogP contribution is 2.08. The predicted octanol–water partition coefficient (Wildman–Crippen LogP) is 0.136. The van der Waals surface area contributed by atoms with Crippen LogP contribution in [-0.4, -0.2) is 29.9 Å². The summed E-state index contributed by atoms with van der Waals surface area (Å²) >= 11 is 0. The van der Waals surface area contributed by atoms with Gasteiger partial charge in [-0.2, -0.15) is 10.5 Å². The van der Waals surface area contributed by atoms with Gasteiger partial charge in [0.05, 0.1) is 12.6 Å². The summed E-state index contributed by atoms with van der Waals surface area (Å²) in [6.45, 7) is 2.84. The minimum absolute atomic E-state index is 0.198. The van der Waals surface area contributed by atoms with Crippen LogP contribution in [0.25, 0.3) is 0 Å². The summed E-state index contributed by atoms with van der Waals surface area (Å²) in [6, 6.07) is 4.15. The fourth-order valence-corrected chi connectivity index (χ4v) is 1.02. The van der Waals surface area contributed by atoms with Gasteiger partial charge in [0.25, 0.3) is 0 Å². The van der Waals surface area contributed by atoms with E-state index in [1.54, 1.807) is 4.90 Å². The van der Waals surface area contributed by atoms with Crippen LogP contribution < -0.4 is 0 Å². The first-order valence-electron chi connectivity index (χ1n) is 3.37. The lowest BCUT2D eigenvalue weighted by Crippen LogP contribution is -2.34. The van der Waals surface area contributed by atoms with Gasteiger partial charge < -0.3 is 4.90 Å². The Kier molecular flexibility index (Phi) is 2.08. The van der Waals surface area contributed by atoms with Gasteiger partial charge in [-0.05, 0) is 6.92 Å². The third-order valence-corrected chi connectivity index (χ3v) is 1.65. The molecule has 56 valence electrons. The molecule has 0 saturated heterocycles. The van der Waals surface area contributed by atoms with Crippen molar-refractivity contribution in [2.45, 2.75) is 13.0 Å². The van der Waals surface area contributed by atoms with Crippen LogP contribution in [0.5, 0.6) is 0 Å². The van der Waals surface area contributed by atoms with Crippen LogP contribution in [0.15, 0.2) is 4.99 Å². The number of hydrogen-bond acceptors (Lipinski definition) is 4. The molecule has 1 aliphatic rings. The van der Waals surface area contributed by atoms with E-state index in [4.69, 9.17) is 10.5 Å². The van der Waals surface area contributed by atoms with Crippen LogP contribution in [0, 0.1) is 22.7 Å². The Morgan fingerprint density at radius 2 is 2.45 bits per heavy atom. The zero-order valence-electron chi connectivity index (χ0n) is 6.28. The first-order chi connectivity index (χ1) is 5.29. The lowest BCUT2D eigenvalue weighted by Gasteiger charge is -2.17. The molecular weight excluding hydrogens is 140 g/mol. The molecule has 0 amide bonds. The normalized spacial score (nSPS) is 22.3. The Bertz CT molecular complexity index is 255. The monoisotopic (exact) mass is 148 g/mol. The van der Waals surface area contributed by atoms with Gasteiger partial charge in [0.1, 0.15) is 12.6 Å². The number of aliphatic imine (C=N–C) groups is 1. The van der Waals surface area contributed by atoms with Crippen molar-refractivity contribution in [2.75, 3.05) is 13.1 Å². The molecule has 1 heterocycles. The Hall–Kier alpha value is -1.55. The summed E-state index contributed by atoms with van der Waals surface area (Å²) in [5.74, 6) is 0.388. The molecule has 0 bridgehead atoms. The van der Waals surface area contributed by atoms with E-state index < -0.39 is 0 Å². The van der Waals surface area contributed by atoms with Crippen molar-refractivity contribution < 1.29 is 0 Å². The minimum atomic E-state index is 0.198. The number of hydrogen-bond donors (Lipinski definition) is 0. The largest absolute Gasteiger partial charge is 0.330 e. The van der Waals surface area contributed by atoms with Gasteiger partial charge in [-0.15, -0.1) is 0 Å². The number of amidine groups is 1. The molecule has 1 unspecified atom stereocenters. The van der Waals surface area contributed by atoms with Gasteiger partial charge in [-0.25, -0.2) is 0 Å². The maximum absolute atomic E-state index is 8.55. The van der Waals surface area contributed by atoms with E-state index in [1.165, 1.54) is 0 Å². The molecule has 1 rings (SSSR count). The number of nitrogens with zero attached hydrogens (tertiary/aromatic N) is 4. The molecule has 0 spiro atoms. The van der Waals surface area contributed by atoms with Crippen LogP contribution in [0.3, 0.4) is 0 Å². The molecule has 0 radical (unpaired) electrons. The Labute approximate surface area is 65.4 Å². The molecule has 0 aromatic heterocycles. The van der Waals surface area contributed by atoms with Gasteiger partial charge in [-0.1, -0.05) is 0 Å². The molecule has 0 aliphatic carbocycles. The summed E-state index contributed by atoms with van der Waals surface area (Å²) in [5.41, 5.74) is 0. The van der Waals surface area contributed by atoms with Crippen molar-refractivity contribution in [3.8, 4) is 12.1 Å². The van der Waals surface area contributed by atoms with Crippen molar-refractivity contribution in [1.82, 2.24) is 4.90 Å². The topological polar surface area (TPSA) is 63.2 Å². The Balaban J connectivity index is 2.70. The Morgan fingerprint density at radius 3 is 3.00 bits per heavy atom. The molecule has 0 N–H and O–H groups in total. The molecule has 1 aliphatic heterocycles. The number of nitriles is 2. The second-order valence-corrected chi connectivity index (χ2v) is 2.41. The second-order valence-electron chi connectivity index (χ2n) is 2.41. The number of rotatable bonds is 1. The molecule has 0 aromatic carbocycles. The first kappa shape index (κ1) is 7.56. The van der Waals surface area contributed by atoms with Gasteiger partial charge >= 0.3 is 0 Å². The second kappa shape index (κ2) is 3.03. The quantitative estimate of drug-likeness (QED) is 0.497. The molecule has 1 atom stereocenters. The highest BCUT2D eigenvalue weighted by molar-refractivity contribution is 5.97. The minimum Gasteiger partial charge on any atom is -0.330 e. The van der Waals surface area contributed by atoms with Gasteiger partial charge in [-0.3, -0.25) is 4.99 Å². The van der Waals surface area contributed by atoms with Crippen molar-refractivity contribution in [3.63, 3.8) is 0 Å². The van der Waals surface area contributed by atoms with Crippen molar-refractivity contribution in [2.24, 2.45) is 4.99 Å². The smallest absolute Gasteiger partial charge is 0.205 e. The molecule has 4 nitrogen and oxygen atoms in total. The van der Waals surface area contributed by atoms with Crippen LogP contribution in [0.2, 0.25) is 0 Å². The van der Waals surface area contributed by atoms with E-state index in [0.717, 1.165) is 0 Å². The van der Waals surface area contributed by atoms with Crippen molar-refractivity contribution in [3.05, 3.63) is 0 Å². The zero-order chi connectivity index (χ0) is 8.27. The first-order valence-corrected chi connectivity index (χ1v) is 3.37. The highest BCUT2D eigenvalue weighted by Gasteiger charge is 2.22. The van der Waals surface area contributed by atoms with Gasteiger partial charge in [0.15, 0.2) is 0 Å². The van der Waals surface area contributed by atoms with E-state index in [9.17, 15) is 0 Å². The average molecular weight is 148 g/mol. The molecule has 4 heteroatoms. The van der Waals surface area contributed by atoms with Crippen molar-refractivity contribution >= 4 is 5.84 Å². The fraction of sp³-hybridized carbons (Fsp3) is 0.571. The lowest BCUT2D eigenvalue weighted by molar-refractivity contribution is 0.403. The zero-order valence-corrected chi connectivity index (χ0v) is 6.28. The maximum atomic E-state index is 8.55. The predicted molar refractivity (Wildman–Crippen MR) is 39.7 cm³/mol. The third-order valence-electron chi connectivity index (χ3n) is 1.65. The maximum Gasteiger partial charge on any atom is 0.205 e. The van der Waals surface area contributed by atoms with Crippen LogP contribution in [0.1, 0.15) is 6.92 Å². The summed E-state index contributed by atoms with van der Waals surface area (Å²) in [6.07, 6.45) is 0. The van der Waals surface area contributed by atoms with E-state index in [0.29, 0.717) is 12.4 Å².